The molecular formula is C15H13NO3S. The number of benzene rings is 1. The Kier molecular flexibility index (Phi) is 3.28. The van der Waals surface area contributed by atoms with E-state index >= 15 is 0 Å². The van der Waals surface area contributed by atoms with Gasteiger partial charge in [-0.15, -0.1) is 0 Å². The fraction of sp³-hybridized carbons (Fsp3) is 0.200. The van der Waals surface area contributed by atoms with E-state index in [0.717, 1.165) is 11.1 Å². The molecule has 0 bridgehead atoms. The van der Waals surface area contributed by atoms with Crippen molar-refractivity contribution in [3.63, 3.8) is 0 Å². The molecule has 102 valence electrons. The van der Waals surface area contributed by atoms with Crippen LogP contribution in [0.25, 0.3) is 0 Å². The molecule has 1 aromatic carbocycles. The maximum Gasteiger partial charge on any atom is 0.305 e. The summed E-state index contributed by atoms with van der Waals surface area (Å²) in [7, 11) is 0. The standard InChI is InChI=1S/C15H13NO3S/c17-14(18)7-13-11-3-1-2-4-12(11)15(19)16(13)8-10-5-6-20-9-10/h1-6,9,13H,7-8H2,(H,17,18). The maximum atomic E-state index is 12.5. The number of thiophene rings is 1. The molecule has 1 aromatic heterocycles. The predicted molar refractivity (Wildman–Crippen MR) is 75.6 cm³/mol. The molecule has 20 heavy (non-hydrogen) atoms. The monoisotopic (exact) mass is 287 g/mol. The van der Waals surface area contributed by atoms with Crippen LogP contribution in [-0.2, 0) is 11.3 Å². The molecule has 1 atom stereocenters. The molecule has 4 nitrogen and oxygen atoms in total. The molecule has 0 fully saturated rings. The highest BCUT2D eigenvalue weighted by atomic mass is 32.1. The van der Waals surface area contributed by atoms with E-state index in [2.05, 4.69) is 0 Å². The number of carboxylic acids is 1. The van der Waals surface area contributed by atoms with E-state index in [9.17, 15) is 9.59 Å². The molecule has 1 unspecified atom stereocenters. The second-order valence-electron chi connectivity index (χ2n) is 4.77. The molecule has 3 rings (SSSR count). The van der Waals surface area contributed by atoms with Crippen molar-refractivity contribution in [1.82, 2.24) is 4.90 Å². The van der Waals surface area contributed by atoms with Gasteiger partial charge in [0.15, 0.2) is 0 Å². The fourth-order valence-electron chi connectivity index (χ4n) is 2.59. The van der Waals surface area contributed by atoms with Gasteiger partial charge in [0.25, 0.3) is 5.91 Å². The molecule has 1 amide bonds. The van der Waals surface area contributed by atoms with E-state index in [1.54, 1.807) is 22.3 Å². The molecule has 2 aromatic rings. The van der Waals surface area contributed by atoms with Crippen LogP contribution in [-0.4, -0.2) is 21.9 Å². The molecule has 1 aliphatic heterocycles. The summed E-state index contributed by atoms with van der Waals surface area (Å²) < 4.78 is 0. The van der Waals surface area contributed by atoms with Crippen molar-refractivity contribution in [1.29, 1.82) is 0 Å². The van der Waals surface area contributed by atoms with Crippen molar-refractivity contribution in [3.8, 4) is 0 Å². The third kappa shape index (κ3) is 2.20. The minimum atomic E-state index is -0.894. The lowest BCUT2D eigenvalue weighted by Gasteiger charge is -2.23. The number of amides is 1. The van der Waals surface area contributed by atoms with Gasteiger partial charge in [-0.2, -0.15) is 11.3 Å². The Hall–Kier alpha value is -2.14. The Labute approximate surface area is 120 Å². The van der Waals surface area contributed by atoms with E-state index < -0.39 is 5.97 Å². The minimum Gasteiger partial charge on any atom is -0.481 e. The lowest BCUT2D eigenvalue weighted by atomic mass is 10.0. The highest BCUT2D eigenvalue weighted by Gasteiger charge is 2.37. The van der Waals surface area contributed by atoms with Crippen LogP contribution in [0.4, 0.5) is 0 Å². The second kappa shape index (κ2) is 5.09. The SMILES string of the molecule is O=C(O)CC1c2ccccc2C(=O)N1Cc1ccsc1. The predicted octanol–water partition coefficient (Wildman–Crippen LogP) is 2.92. The molecular weight excluding hydrogens is 274 g/mol. The quantitative estimate of drug-likeness (QED) is 0.940. The van der Waals surface area contributed by atoms with Gasteiger partial charge in [-0.1, -0.05) is 18.2 Å². The highest BCUT2D eigenvalue weighted by Crippen LogP contribution is 2.37. The number of rotatable bonds is 4. The number of carboxylic acid groups (broad SMARTS) is 1. The summed E-state index contributed by atoms with van der Waals surface area (Å²) in [6, 6.07) is 8.83. The van der Waals surface area contributed by atoms with Crippen molar-refractivity contribution >= 4 is 23.2 Å². The average Bonchev–Trinajstić information content (AvgIpc) is 3.02. The lowest BCUT2D eigenvalue weighted by Crippen LogP contribution is -2.28. The molecule has 0 spiro atoms. The summed E-state index contributed by atoms with van der Waals surface area (Å²) in [4.78, 5) is 25.2. The van der Waals surface area contributed by atoms with Crippen LogP contribution in [0, 0.1) is 0 Å². The van der Waals surface area contributed by atoms with Crippen molar-refractivity contribution < 1.29 is 14.7 Å². The van der Waals surface area contributed by atoms with Gasteiger partial charge in [0.1, 0.15) is 0 Å². The first kappa shape index (κ1) is 12.9. The zero-order chi connectivity index (χ0) is 14.1. The molecule has 0 saturated carbocycles. The number of carbonyl (C=O) groups excluding carboxylic acids is 1. The Morgan fingerprint density at radius 1 is 1.30 bits per heavy atom. The van der Waals surface area contributed by atoms with Crippen LogP contribution < -0.4 is 0 Å². The number of nitrogens with zero attached hydrogens (tertiary/aromatic N) is 1. The Morgan fingerprint density at radius 3 is 2.80 bits per heavy atom. The highest BCUT2D eigenvalue weighted by molar-refractivity contribution is 7.07. The number of aliphatic carboxylic acids is 1. The van der Waals surface area contributed by atoms with Crippen LogP contribution in [0.15, 0.2) is 41.1 Å². The van der Waals surface area contributed by atoms with Gasteiger partial charge in [0.05, 0.1) is 12.5 Å². The van der Waals surface area contributed by atoms with Gasteiger partial charge in [0, 0.05) is 12.1 Å². The first-order chi connectivity index (χ1) is 9.66. The second-order valence-corrected chi connectivity index (χ2v) is 5.55. The summed E-state index contributed by atoms with van der Waals surface area (Å²) in [5.74, 6) is -0.979. The number of hydrogen-bond donors (Lipinski definition) is 1. The van der Waals surface area contributed by atoms with Gasteiger partial charge in [-0.25, -0.2) is 0 Å². The van der Waals surface area contributed by atoms with E-state index in [-0.39, 0.29) is 18.4 Å². The summed E-state index contributed by atoms with van der Waals surface area (Å²) in [5.41, 5.74) is 2.47. The molecule has 0 saturated heterocycles. The topological polar surface area (TPSA) is 57.6 Å². The smallest absolute Gasteiger partial charge is 0.305 e. The molecule has 0 aliphatic carbocycles. The Balaban J connectivity index is 1.96. The minimum absolute atomic E-state index is 0.0626. The summed E-state index contributed by atoms with van der Waals surface area (Å²) >= 11 is 1.57. The van der Waals surface area contributed by atoms with Gasteiger partial charge >= 0.3 is 5.97 Å². The Bertz CT molecular complexity index is 651. The molecule has 0 radical (unpaired) electrons. The van der Waals surface area contributed by atoms with Gasteiger partial charge in [-0.05, 0) is 34.0 Å². The van der Waals surface area contributed by atoms with Crippen LogP contribution >= 0.6 is 11.3 Å². The number of hydrogen-bond acceptors (Lipinski definition) is 3. The normalized spacial score (nSPS) is 17.3. The van der Waals surface area contributed by atoms with Crippen LogP contribution in [0.3, 0.4) is 0 Å². The third-order valence-corrected chi connectivity index (χ3v) is 4.22. The third-order valence-electron chi connectivity index (χ3n) is 3.49. The largest absolute Gasteiger partial charge is 0.481 e. The van der Waals surface area contributed by atoms with E-state index in [0.29, 0.717) is 12.1 Å². The molecule has 1 aliphatic rings. The Morgan fingerprint density at radius 2 is 2.10 bits per heavy atom. The molecule has 5 heteroatoms. The van der Waals surface area contributed by atoms with Crippen molar-refractivity contribution in [2.45, 2.75) is 19.0 Å². The molecule has 1 N–H and O–H groups in total. The van der Waals surface area contributed by atoms with Crippen LogP contribution in [0.2, 0.25) is 0 Å². The summed E-state index contributed by atoms with van der Waals surface area (Å²) in [6.45, 7) is 0.453. The summed E-state index contributed by atoms with van der Waals surface area (Å²) in [6.07, 6.45) is -0.0626. The average molecular weight is 287 g/mol. The number of fused-ring (bicyclic) bond motifs is 1. The van der Waals surface area contributed by atoms with Crippen molar-refractivity contribution in [2.75, 3.05) is 0 Å². The number of carbonyl (C=O) groups is 2. The zero-order valence-electron chi connectivity index (χ0n) is 10.7. The maximum absolute atomic E-state index is 12.5. The van der Waals surface area contributed by atoms with E-state index in [1.807, 2.05) is 35.0 Å². The lowest BCUT2D eigenvalue weighted by molar-refractivity contribution is -0.138. The molecule has 2 heterocycles. The van der Waals surface area contributed by atoms with Crippen molar-refractivity contribution in [3.05, 3.63) is 57.8 Å². The first-order valence-electron chi connectivity index (χ1n) is 6.29. The van der Waals surface area contributed by atoms with Gasteiger partial charge in [-0.3, -0.25) is 9.59 Å². The van der Waals surface area contributed by atoms with E-state index in [1.165, 1.54) is 0 Å². The first-order valence-corrected chi connectivity index (χ1v) is 7.24. The summed E-state index contributed by atoms with van der Waals surface area (Å²) in [5, 5.41) is 13.0. The zero-order valence-corrected chi connectivity index (χ0v) is 11.5. The van der Waals surface area contributed by atoms with Crippen LogP contribution in [0.5, 0.6) is 0 Å². The fourth-order valence-corrected chi connectivity index (χ4v) is 3.25. The van der Waals surface area contributed by atoms with E-state index in [4.69, 9.17) is 5.11 Å². The van der Waals surface area contributed by atoms with Crippen molar-refractivity contribution in [2.24, 2.45) is 0 Å². The van der Waals surface area contributed by atoms with Crippen LogP contribution in [0.1, 0.15) is 33.9 Å². The van der Waals surface area contributed by atoms with Gasteiger partial charge in [0.2, 0.25) is 0 Å². The van der Waals surface area contributed by atoms with Gasteiger partial charge < -0.3 is 10.0 Å².